The van der Waals surface area contributed by atoms with Gasteiger partial charge in [0.05, 0.1) is 19.3 Å². The standard InChI is InChI=1S/C27H39N5O/c1-22-8-10-24(11-9-22)26(32-16-18-33-19-17-32)20-29-27(28-2)30-25-12-14-31(15-13-25)21-23-6-4-3-5-7-23/h3-11,25-26H,12-21H2,1-2H3,(H2,28,29,30). The van der Waals surface area contributed by atoms with E-state index in [0.717, 1.165) is 71.3 Å². The lowest BCUT2D eigenvalue weighted by Gasteiger charge is -2.36. The van der Waals surface area contributed by atoms with Crippen LogP contribution in [0.25, 0.3) is 0 Å². The van der Waals surface area contributed by atoms with Crippen LogP contribution in [0.2, 0.25) is 0 Å². The molecule has 2 heterocycles. The van der Waals surface area contributed by atoms with Crippen LogP contribution in [0.15, 0.2) is 59.6 Å². The molecule has 0 aliphatic carbocycles. The van der Waals surface area contributed by atoms with E-state index in [1.54, 1.807) is 0 Å². The molecule has 0 spiro atoms. The van der Waals surface area contributed by atoms with Gasteiger partial charge in [0.25, 0.3) is 0 Å². The average Bonchev–Trinajstić information content (AvgIpc) is 2.87. The summed E-state index contributed by atoms with van der Waals surface area (Å²) in [5.41, 5.74) is 4.04. The molecule has 2 aromatic carbocycles. The van der Waals surface area contributed by atoms with E-state index in [0.29, 0.717) is 12.1 Å². The molecule has 33 heavy (non-hydrogen) atoms. The van der Waals surface area contributed by atoms with E-state index >= 15 is 0 Å². The highest BCUT2D eigenvalue weighted by molar-refractivity contribution is 5.80. The van der Waals surface area contributed by atoms with Gasteiger partial charge in [0, 0.05) is 52.4 Å². The number of hydrogen-bond donors (Lipinski definition) is 2. The fourth-order valence-electron chi connectivity index (χ4n) is 4.79. The van der Waals surface area contributed by atoms with Crippen molar-refractivity contribution in [1.82, 2.24) is 20.4 Å². The van der Waals surface area contributed by atoms with Gasteiger partial charge < -0.3 is 15.4 Å². The number of likely N-dealkylation sites (tertiary alicyclic amines) is 1. The number of morpholine rings is 1. The first kappa shape index (κ1) is 23.7. The molecule has 0 saturated carbocycles. The number of aliphatic imine (C=N–C) groups is 1. The molecule has 1 unspecified atom stereocenters. The fraction of sp³-hybridized carbons (Fsp3) is 0.519. The topological polar surface area (TPSA) is 52.1 Å². The Bertz CT molecular complexity index is 856. The number of hydrogen-bond acceptors (Lipinski definition) is 4. The van der Waals surface area contributed by atoms with Crippen LogP contribution in [0.5, 0.6) is 0 Å². The second-order valence-corrected chi connectivity index (χ2v) is 9.21. The van der Waals surface area contributed by atoms with Crippen molar-refractivity contribution in [3.63, 3.8) is 0 Å². The highest BCUT2D eigenvalue weighted by Crippen LogP contribution is 2.22. The number of benzene rings is 2. The van der Waals surface area contributed by atoms with E-state index in [-0.39, 0.29) is 0 Å². The third-order valence-corrected chi connectivity index (χ3v) is 6.81. The quantitative estimate of drug-likeness (QED) is 0.502. The van der Waals surface area contributed by atoms with Crippen LogP contribution >= 0.6 is 0 Å². The molecule has 0 bridgehead atoms. The van der Waals surface area contributed by atoms with Crippen LogP contribution in [-0.4, -0.2) is 74.8 Å². The maximum atomic E-state index is 5.60. The van der Waals surface area contributed by atoms with Crippen molar-refractivity contribution < 1.29 is 4.74 Å². The molecule has 178 valence electrons. The van der Waals surface area contributed by atoms with Crippen molar-refractivity contribution >= 4 is 5.96 Å². The summed E-state index contributed by atoms with van der Waals surface area (Å²) in [6, 6.07) is 20.5. The summed E-state index contributed by atoms with van der Waals surface area (Å²) < 4.78 is 5.60. The summed E-state index contributed by atoms with van der Waals surface area (Å²) in [6.45, 7) is 9.77. The van der Waals surface area contributed by atoms with Gasteiger partial charge in [-0.05, 0) is 30.9 Å². The zero-order valence-corrected chi connectivity index (χ0v) is 20.2. The second-order valence-electron chi connectivity index (χ2n) is 9.21. The maximum Gasteiger partial charge on any atom is 0.191 e. The van der Waals surface area contributed by atoms with Crippen molar-refractivity contribution in [3.8, 4) is 0 Å². The first-order valence-electron chi connectivity index (χ1n) is 12.3. The molecule has 2 N–H and O–H groups in total. The molecule has 2 saturated heterocycles. The molecule has 2 aliphatic heterocycles. The summed E-state index contributed by atoms with van der Waals surface area (Å²) >= 11 is 0. The van der Waals surface area contributed by atoms with Crippen molar-refractivity contribution in [2.45, 2.75) is 38.4 Å². The number of rotatable bonds is 7. The molecule has 0 amide bonds. The number of aryl methyl sites for hydroxylation is 1. The highest BCUT2D eigenvalue weighted by atomic mass is 16.5. The Morgan fingerprint density at radius 1 is 1.00 bits per heavy atom. The molecule has 2 aliphatic rings. The third kappa shape index (κ3) is 7.03. The summed E-state index contributed by atoms with van der Waals surface area (Å²) in [7, 11) is 1.87. The van der Waals surface area contributed by atoms with Crippen LogP contribution in [0, 0.1) is 6.92 Å². The van der Waals surface area contributed by atoms with Gasteiger partial charge in [0.1, 0.15) is 0 Å². The minimum atomic E-state index is 0.306. The first-order chi connectivity index (χ1) is 16.2. The number of nitrogens with one attached hydrogen (secondary N) is 2. The lowest BCUT2D eigenvalue weighted by molar-refractivity contribution is 0.0170. The van der Waals surface area contributed by atoms with E-state index in [1.165, 1.54) is 16.7 Å². The number of nitrogens with zero attached hydrogens (tertiary/aromatic N) is 3. The minimum Gasteiger partial charge on any atom is -0.379 e. The molecule has 0 radical (unpaired) electrons. The van der Waals surface area contributed by atoms with E-state index in [1.807, 2.05) is 7.05 Å². The van der Waals surface area contributed by atoms with Crippen LogP contribution in [0.4, 0.5) is 0 Å². The van der Waals surface area contributed by atoms with Gasteiger partial charge in [-0.2, -0.15) is 0 Å². The normalized spacial score (nSPS) is 19.9. The Labute approximate surface area is 199 Å². The number of piperidine rings is 1. The van der Waals surface area contributed by atoms with E-state index < -0.39 is 0 Å². The van der Waals surface area contributed by atoms with Crippen LogP contribution in [0.1, 0.15) is 35.6 Å². The highest BCUT2D eigenvalue weighted by Gasteiger charge is 2.24. The Morgan fingerprint density at radius 3 is 2.36 bits per heavy atom. The van der Waals surface area contributed by atoms with Crippen molar-refractivity contribution in [2.75, 3.05) is 53.0 Å². The Balaban J connectivity index is 1.29. The van der Waals surface area contributed by atoms with Gasteiger partial charge >= 0.3 is 0 Å². The van der Waals surface area contributed by atoms with Gasteiger partial charge in [-0.15, -0.1) is 0 Å². The van der Waals surface area contributed by atoms with Gasteiger partial charge in [-0.1, -0.05) is 60.2 Å². The minimum absolute atomic E-state index is 0.306. The van der Waals surface area contributed by atoms with Crippen LogP contribution in [0.3, 0.4) is 0 Å². The Hall–Kier alpha value is -2.41. The van der Waals surface area contributed by atoms with Crippen LogP contribution < -0.4 is 10.6 Å². The van der Waals surface area contributed by atoms with Crippen molar-refractivity contribution in [2.24, 2.45) is 4.99 Å². The van der Waals surface area contributed by atoms with E-state index in [9.17, 15) is 0 Å². The second kappa shape index (κ2) is 12.2. The Kier molecular flexibility index (Phi) is 8.75. The van der Waals surface area contributed by atoms with E-state index in [2.05, 4.69) is 86.9 Å². The SMILES string of the molecule is CN=C(NCC(c1ccc(C)cc1)N1CCOCC1)NC1CCN(Cc2ccccc2)CC1. The summed E-state index contributed by atoms with van der Waals surface area (Å²) in [5.74, 6) is 0.905. The molecule has 0 aromatic heterocycles. The molecular formula is C27H39N5O. The third-order valence-electron chi connectivity index (χ3n) is 6.81. The average molecular weight is 450 g/mol. The molecule has 1 atom stereocenters. The molecule has 6 heteroatoms. The van der Waals surface area contributed by atoms with Gasteiger partial charge in [0.2, 0.25) is 0 Å². The molecule has 4 rings (SSSR count). The monoisotopic (exact) mass is 449 g/mol. The maximum absolute atomic E-state index is 5.60. The summed E-state index contributed by atoms with van der Waals surface area (Å²) in [4.78, 5) is 9.61. The molecular weight excluding hydrogens is 410 g/mol. The van der Waals surface area contributed by atoms with Gasteiger partial charge in [-0.3, -0.25) is 14.8 Å². The zero-order valence-electron chi connectivity index (χ0n) is 20.2. The zero-order chi connectivity index (χ0) is 22.9. The smallest absolute Gasteiger partial charge is 0.191 e. The molecule has 2 fully saturated rings. The molecule has 6 nitrogen and oxygen atoms in total. The van der Waals surface area contributed by atoms with Crippen molar-refractivity contribution in [3.05, 3.63) is 71.3 Å². The van der Waals surface area contributed by atoms with Gasteiger partial charge in [0.15, 0.2) is 5.96 Å². The largest absolute Gasteiger partial charge is 0.379 e. The fourth-order valence-corrected chi connectivity index (χ4v) is 4.79. The Morgan fingerprint density at radius 2 is 1.70 bits per heavy atom. The van der Waals surface area contributed by atoms with E-state index in [4.69, 9.17) is 4.74 Å². The predicted molar refractivity (Wildman–Crippen MR) is 136 cm³/mol. The lowest BCUT2D eigenvalue weighted by Crippen LogP contribution is -2.50. The first-order valence-corrected chi connectivity index (χ1v) is 12.3. The predicted octanol–water partition coefficient (Wildman–Crippen LogP) is 3.20. The lowest BCUT2D eigenvalue weighted by atomic mass is 10.0. The summed E-state index contributed by atoms with van der Waals surface area (Å²) in [5, 5.41) is 7.30. The van der Waals surface area contributed by atoms with Crippen LogP contribution in [-0.2, 0) is 11.3 Å². The van der Waals surface area contributed by atoms with Gasteiger partial charge in [-0.25, -0.2) is 0 Å². The molecule has 2 aromatic rings. The van der Waals surface area contributed by atoms with Crippen molar-refractivity contribution in [1.29, 1.82) is 0 Å². The number of ether oxygens (including phenoxy) is 1. The number of guanidine groups is 1. The summed E-state index contributed by atoms with van der Waals surface area (Å²) in [6.07, 6.45) is 2.27.